The minimum atomic E-state index is -0.231. The maximum absolute atomic E-state index is 12.9. The molecule has 5 heteroatoms. The van der Waals surface area contributed by atoms with E-state index in [1.165, 1.54) is 5.56 Å². The van der Waals surface area contributed by atoms with Gasteiger partial charge in [-0.25, -0.2) is 9.97 Å². The van der Waals surface area contributed by atoms with Crippen molar-refractivity contribution in [3.05, 3.63) is 76.6 Å². The number of benzene rings is 2. The van der Waals surface area contributed by atoms with Crippen molar-refractivity contribution >= 4 is 23.2 Å². The quantitative estimate of drug-likeness (QED) is 0.673. The maximum Gasteiger partial charge on any atom is 0.274 e. The van der Waals surface area contributed by atoms with E-state index in [2.05, 4.69) is 34.3 Å². The van der Waals surface area contributed by atoms with Crippen molar-refractivity contribution in [2.45, 2.75) is 34.6 Å². The highest BCUT2D eigenvalue weighted by Crippen LogP contribution is 2.24. The average Bonchev–Trinajstić information content (AvgIpc) is 2.65. The van der Waals surface area contributed by atoms with Crippen LogP contribution in [0.2, 0.25) is 0 Å². The zero-order chi connectivity index (χ0) is 20.3. The first-order valence-electron chi connectivity index (χ1n) is 9.46. The fourth-order valence-electron chi connectivity index (χ4n) is 3.39. The third kappa shape index (κ3) is 4.19. The van der Waals surface area contributed by atoms with E-state index in [1.54, 1.807) is 6.07 Å². The summed E-state index contributed by atoms with van der Waals surface area (Å²) in [4.78, 5) is 24.0. The molecule has 0 atom stereocenters. The molecule has 0 aliphatic carbocycles. The molecule has 0 saturated carbocycles. The van der Waals surface area contributed by atoms with Crippen molar-refractivity contribution in [1.82, 2.24) is 9.97 Å². The molecule has 1 heterocycles. The molecule has 0 unspecified atom stereocenters. The number of nitrogens with zero attached hydrogens (tertiary/aromatic N) is 3. The van der Waals surface area contributed by atoms with Gasteiger partial charge in [0.25, 0.3) is 5.91 Å². The first-order chi connectivity index (χ1) is 13.4. The van der Waals surface area contributed by atoms with Crippen LogP contribution in [-0.2, 0) is 0 Å². The summed E-state index contributed by atoms with van der Waals surface area (Å²) in [5.41, 5.74) is 6.19. The zero-order valence-corrected chi connectivity index (χ0v) is 17.1. The number of amides is 1. The molecular formula is C23H26N4O. The van der Waals surface area contributed by atoms with Crippen LogP contribution in [0.3, 0.4) is 0 Å². The smallest absolute Gasteiger partial charge is 0.274 e. The van der Waals surface area contributed by atoms with Gasteiger partial charge in [0, 0.05) is 23.6 Å². The minimum Gasteiger partial charge on any atom is -0.320 e. The molecule has 1 N–H and O–H groups in total. The number of aryl methyl sites for hydroxylation is 4. The molecule has 0 aliphatic rings. The van der Waals surface area contributed by atoms with Crippen molar-refractivity contribution in [2.24, 2.45) is 0 Å². The molecule has 0 aliphatic heterocycles. The highest BCUT2D eigenvalue weighted by molar-refractivity contribution is 6.04. The SMILES string of the molecule is CCN(c1ccccc1)c1nc(C)cc(C(=O)Nc2c(C)cc(C)cc2C)n1. The van der Waals surface area contributed by atoms with Crippen LogP contribution < -0.4 is 10.2 Å². The number of carbonyl (C=O) groups excluding carboxylic acids is 1. The van der Waals surface area contributed by atoms with Gasteiger partial charge in [-0.1, -0.05) is 35.9 Å². The summed E-state index contributed by atoms with van der Waals surface area (Å²) >= 11 is 0. The molecule has 0 spiro atoms. The van der Waals surface area contributed by atoms with Gasteiger partial charge in [-0.2, -0.15) is 0 Å². The molecule has 0 radical (unpaired) electrons. The molecule has 0 saturated heterocycles. The van der Waals surface area contributed by atoms with E-state index >= 15 is 0 Å². The normalized spacial score (nSPS) is 10.6. The number of para-hydroxylation sites is 1. The third-order valence-electron chi connectivity index (χ3n) is 4.62. The molecule has 5 nitrogen and oxygen atoms in total. The van der Waals surface area contributed by atoms with Crippen LogP contribution in [0, 0.1) is 27.7 Å². The molecular weight excluding hydrogens is 348 g/mol. The molecule has 3 aromatic rings. The second-order valence-corrected chi connectivity index (χ2v) is 7.00. The van der Waals surface area contributed by atoms with E-state index in [-0.39, 0.29) is 5.91 Å². The van der Waals surface area contributed by atoms with Crippen LogP contribution in [0.1, 0.15) is 39.8 Å². The molecule has 2 aromatic carbocycles. The van der Waals surface area contributed by atoms with Crippen molar-refractivity contribution in [2.75, 3.05) is 16.8 Å². The monoisotopic (exact) mass is 374 g/mol. The molecule has 28 heavy (non-hydrogen) atoms. The number of nitrogens with one attached hydrogen (secondary N) is 1. The Bertz CT molecular complexity index is 976. The topological polar surface area (TPSA) is 58.1 Å². The highest BCUT2D eigenvalue weighted by atomic mass is 16.1. The van der Waals surface area contributed by atoms with Crippen LogP contribution in [0.4, 0.5) is 17.3 Å². The molecule has 1 aromatic heterocycles. The summed E-state index contributed by atoms with van der Waals surface area (Å²) < 4.78 is 0. The van der Waals surface area contributed by atoms with Gasteiger partial charge in [-0.05, 0) is 63.9 Å². The Morgan fingerprint density at radius 3 is 2.21 bits per heavy atom. The summed E-state index contributed by atoms with van der Waals surface area (Å²) in [6.45, 7) is 10.7. The van der Waals surface area contributed by atoms with Gasteiger partial charge in [0.05, 0.1) is 0 Å². The van der Waals surface area contributed by atoms with E-state index in [1.807, 2.05) is 62.9 Å². The van der Waals surface area contributed by atoms with Crippen LogP contribution >= 0.6 is 0 Å². The standard InChI is InChI=1S/C23H26N4O/c1-6-27(19-10-8-7-9-11-19)23-24-18(5)14-20(25-23)22(28)26-21-16(3)12-15(2)13-17(21)4/h7-14H,6H2,1-5H3,(H,26,28). The maximum atomic E-state index is 12.9. The summed E-state index contributed by atoms with van der Waals surface area (Å²) in [5, 5.41) is 3.03. The van der Waals surface area contributed by atoms with E-state index in [0.29, 0.717) is 18.2 Å². The van der Waals surface area contributed by atoms with E-state index < -0.39 is 0 Å². The first kappa shape index (κ1) is 19.5. The second-order valence-electron chi connectivity index (χ2n) is 7.00. The summed E-state index contributed by atoms with van der Waals surface area (Å²) in [5.74, 6) is 0.294. The summed E-state index contributed by atoms with van der Waals surface area (Å²) in [6.07, 6.45) is 0. The lowest BCUT2D eigenvalue weighted by Gasteiger charge is -2.21. The number of aromatic nitrogens is 2. The Labute approximate surface area is 166 Å². The lowest BCUT2D eigenvalue weighted by atomic mass is 10.0. The minimum absolute atomic E-state index is 0.231. The van der Waals surface area contributed by atoms with Crippen LogP contribution in [0.15, 0.2) is 48.5 Å². The van der Waals surface area contributed by atoms with Gasteiger partial charge >= 0.3 is 0 Å². The highest BCUT2D eigenvalue weighted by Gasteiger charge is 2.17. The molecule has 0 fully saturated rings. The van der Waals surface area contributed by atoms with E-state index in [4.69, 9.17) is 0 Å². The second kappa shape index (κ2) is 8.21. The van der Waals surface area contributed by atoms with Crippen LogP contribution in [0.5, 0.6) is 0 Å². The van der Waals surface area contributed by atoms with Gasteiger partial charge in [0.2, 0.25) is 5.95 Å². The van der Waals surface area contributed by atoms with Gasteiger partial charge in [-0.3, -0.25) is 4.79 Å². The van der Waals surface area contributed by atoms with Crippen molar-refractivity contribution in [3.8, 4) is 0 Å². The molecule has 0 bridgehead atoms. The molecule has 1 amide bonds. The Kier molecular flexibility index (Phi) is 5.73. The Hall–Kier alpha value is -3.21. The summed E-state index contributed by atoms with van der Waals surface area (Å²) in [6, 6.07) is 15.8. The average molecular weight is 374 g/mol. The number of carbonyl (C=O) groups is 1. The third-order valence-corrected chi connectivity index (χ3v) is 4.62. The predicted octanol–water partition coefficient (Wildman–Crippen LogP) is 5.12. The fourth-order valence-corrected chi connectivity index (χ4v) is 3.39. The first-order valence-corrected chi connectivity index (χ1v) is 9.46. The van der Waals surface area contributed by atoms with E-state index in [9.17, 15) is 4.79 Å². The van der Waals surface area contributed by atoms with Gasteiger partial charge in [-0.15, -0.1) is 0 Å². The molecule has 144 valence electrons. The van der Waals surface area contributed by atoms with Gasteiger partial charge in [0.15, 0.2) is 0 Å². The number of rotatable bonds is 5. The molecule has 3 rings (SSSR count). The number of hydrogen-bond donors (Lipinski definition) is 1. The Morgan fingerprint density at radius 2 is 1.61 bits per heavy atom. The van der Waals surface area contributed by atoms with Crippen molar-refractivity contribution in [1.29, 1.82) is 0 Å². The Morgan fingerprint density at radius 1 is 0.964 bits per heavy atom. The number of anilines is 3. The van der Waals surface area contributed by atoms with Crippen molar-refractivity contribution in [3.63, 3.8) is 0 Å². The van der Waals surface area contributed by atoms with Crippen LogP contribution in [0.25, 0.3) is 0 Å². The number of hydrogen-bond acceptors (Lipinski definition) is 4. The Balaban J connectivity index is 1.94. The lowest BCUT2D eigenvalue weighted by molar-refractivity contribution is 0.102. The van der Waals surface area contributed by atoms with Gasteiger partial charge in [0.1, 0.15) is 5.69 Å². The predicted molar refractivity (Wildman–Crippen MR) is 114 cm³/mol. The van der Waals surface area contributed by atoms with Gasteiger partial charge < -0.3 is 10.2 Å². The summed E-state index contributed by atoms with van der Waals surface area (Å²) in [7, 11) is 0. The van der Waals surface area contributed by atoms with E-state index in [0.717, 1.165) is 28.2 Å². The largest absolute Gasteiger partial charge is 0.320 e. The fraction of sp³-hybridized carbons (Fsp3) is 0.261. The zero-order valence-electron chi connectivity index (χ0n) is 17.1. The van der Waals surface area contributed by atoms with Crippen LogP contribution in [-0.4, -0.2) is 22.4 Å². The van der Waals surface area contributed by atoms with Crippen molar-refractivity contribution < 1.29 is 4.79 Å². The lowest BCUT2D eigenvalue weighted by Crippen LogP contribution is -2.22.